The molecule has 0 radical (unpaired) electrons. The van der Waals surface area contributed by atoms with Gasteiger partial charge in [-0.05, 0) is 104 Å². The lowest BCUT2D eigenvalue weighted by Crippen LogP contribution is -2.70. The highest BCUT2D eigenvalue weighted by molar-refractivity contribution is 6.03. The van der Waals surface area contributed by atoms with Crippen LogP contribution >= 0.6 is 0 Å². The third kappa shape index (κ3) is 10.9. The van der Waals surface area contributed by atoms with Gasteiger partial charge in [0.15, 0.2) is 0 Å². The lowest BCUT2D eigenvalue weighted by Gasteiger charge is -2.60. The molecule has 7 atom stereocenters. The Labute approximate surface area is 375 Å². The van der Waals surface area contributed by atoms with E-state index in [1.807, 2.05) is 12.1 Å². The zero-order chi connectivity index (χ0) is 44.9. The van der Waals surface area contributed by atoms with Crippen molar-refractivity contribution in [3.05, 3.63) is 132 Å². The van der Waals surface area contributed by atoms with E-state index in [2.05, 4.69) is 19.2 Å². The van der Waals surface area contributed by atoms with Crippen LogP contribution in [0.25, 0.3) is 0 Å². The maximum absolute atomic E-state index is 14.8. The number of nitrogens with zero attached hydrogens (tertiary/aromatic N) is 2. The molecule has 7 rings (SSSR count). The van der Waals surface area contributed by atoms with Crippen LogP contribution in [-0.2, 0) is 32.2 Å². The number of benzene rings is 3. The number of carbonyl (C=O) groups is 1. The summed E-state index contributed by atoms with van der Waals surface area (Å²) in [6.07, 6.45) is 11.8. The molecule has 1 saturated carbocycles. The summed E-state index contributed by atoms with van der Waals surface area (Å²) in [7, 11) is 0. The van der Waals surface area contributed by atoms with Gasteiger partial charge in [0, 0.05) is 49.6 Å². The predicted molar refractivity (Wildman–Crippen MR) is 238 cm³/mol. The topological polar surface area (TPSA) is 129 Å². The quantitative estimate of drug-likeness (QED) is 0.0576. The molecule has 3 aromatic carbocycles. The number of halogens is 2. The summed E-state index contributed by atoms with van der Waals surface area (Å²) in [5.74, 6) is -2.24. The number of unbranched alkanes of at least 4 members (excludes halogenated alkanes) is 2. The van der Waals surface area contributed by atoms with Crippen LogP contribution in [0.5, 0.6) is 11.5 Å². The SMILES string of the molecule is C=CCCOC(=O)N(Cc1ccc(F)cc1)C1CC(=NOC2CCCCO2)C2=CC(CCCCO)C(CCCCO)C3c4cc(OCc5ccccc5F)ccc4OC1(OCC=C)C23. The van der Waals surface area contributed by atoms with Crippen molar-refractivity contribution in [3.63, 3.8) is 0 Å². The monoisotopic (exact) mass is 884 g/mol. The van der Waals surface area contributed by atoms with Crippen molar-refractivity contribution in [2.75, 3.05) is 33.0 Å². The number of ether oxygens (including phenoxy) is 5. The summed E-state index contributed by atoms with van der Waals surface area (Å²) in [5.41, 5.74) is 3.40. The molecule has 0 aromatic heterocycles. The van der Waals surface area contributed by atoms with Crippen LogP contribution in [0, 0.1) is 29.4 Å². The molecule has 2 fully saturated rings. The van der Waals surface area contributed by atoms with Crippen LogP contribution in [0.4, 0.5) is 13.6 Å². The van der Waals surface area contributed by atoms with Crippen LogP contribution < -0.4 is 9.47 Å². The third-order valence-corrected chi connectivity index (χ3v) is 12.8. The van der Waals surface area contributed by atoms with E-state index in [9.17, 15) is 23.8 Å². The first-order valence-electron chi connectivity index (χ1n) is 22.8. The van der Waals surface area contributed by atoms with Gasteiger partial charge >= 0.3 is 6.09 Å². The van der Waals surface area contributed by atoms with E-state index >= 15 is 0 Å². The first kappa shape index (κ1) is 46.9. The van der Waals surface area contributed by atoms with Gasteiger partial charge in [-0.3, -0.25) is 4.90 Å². The van der Waals surface area contributed by atoms with Crippen molar-refractivity contribution in [2.24, 2.45) is 22.9 Å². The normalized spacial score (nSPS) is 25.2. The van der Waals surface area contributed by atoms with E-state index in [0.29, 0.717) is 60.6 Å². The second-order valence-corrected chi connectivity index (χ2v) is 17.0. The minimum atomic E-state index is -1.56. The second kappa shape index (κ2) is 22.7. The van der Waals surface area contributed by atoms with Gasteiger partial charge in [0.05, 0.1) is 31.5 Å². The molecule has 2 N–H and O–H groups in total. The molecule has 13 heteroatoms. The Morgan fingerprint density at radius 1 is 0.969 bits per heavy atom. The van der Waals surface area contributed by atoms with Gasteiger partial charge in [0.25, 0.3) is 0 Å². The lowest BCUT2D eigenvalue weighted by molar-refractivity contribution is -0.256. The Balaban J connectivity index is 1.43. The van der Waals surface area contributed by atoms with E-state index in [0.717, 1.165) is 49.7 Å². The maximum Gasteiger partial charge on any atom is 0.410 e. The summed E-state index contributed by atoms with van der Waals surface area (Å²) in [6, 6.07) is 17.2. The molecule has 2 heterocycles. The Morgan fingerprint density at radius 3 is 2.50 bits per heavy atom. The third-order valence-electron chi connectivity index (χ3n) is 12.8. The van der Waals surface area contributed by atoms with Crippen molar-refractivity contribution in [2.45, 2.75) is 108 Å². The number of fused-ring (bicyclic) bond motifs is 2. The van der Waals surface area contributed by atoms with Crippen LogP contribution in [0.1, 0.15) is 93.2 Å². The van der Waals surface area contributed by atoms with Crippen molar-refractivity contribution in [3.8, 4) is 11.5 Å². The number of rotatable bonds is 22. The summed E-state index contributed by atoms with van der Waals surface area (Å²) < 4.78 is 61.7. The zero-order valence-electron chi connectivity index (χ0n) is 36.6. The lowest BCUT2D eigenvalue weighted by atomic mass is 9.55. The zero-order valence-corrected chi connectivity index (χ0v) is 36.6. The Hall–Kier alpha value is -5.08. The summed E-state index contributed by atoms with van der Waals surface area (Å²) in [4.78, 5) is 22.5. The summed E-state index contributed by atoms with van der Waals surface area (Å²) in [6.45, 7) is 8.66. The number of aliphatic hydroxyl groups excluding tert-OH is 2. The molecular weight excluding hydrogens is 823 g/mol. The molecule has 344 valence electrons. The van der Waals surface area contributed by atoms with Gasteiger partial charge < -0.3 is 38.7 Å². The first-order chi connectivity index (χ1) is 31.3. The molecule has 1 amide bonds. The fourth-order valence-electron chi connectivity index (χ4n) is 9.83. The molecule has 7 unspecified atom stereocenters. The number of hydrogen-bond donors (Lipinski definition) is 2. The highest BCUT2D eigenvalue weighted by Crippen LogP contribution is 2.62. The van der Waals surface area contributed by atoms with Gasteiger partial charge in [-0.1, -0.05) is 66.6 Å². The molecule has 2 aliphatic heterocycles. The van der Waals surface area contributed by atoms with E-state index in [1.54, 1.807) is 53.5 Å². The Kier molecular flexibility index (Phi) is 16.6. The van der Waals surface area contributed by atoms with E-state index in [1.165, 1.54) is 18.2 Å². The predicted octanol–water partition coefficient (Wildman–Crippen LogP) is 9.92. The summed E-state index contributed by atoms with van der Waals surface area (Å²) in [5, 5.41) is 24.8. The largest absolute Gasteiger partial charge is 0.489 e. The number of aliphatic hydroxyl groups is 2. The van der Waals surface area contributed by atoms with Crippen molar-refractivity contribution in [1.82, 2.24) is 4.90 Å². The van der Waals surface area contributed by atoms with Crippen LogP contribution in [0.3, 0.4) is 0 Å². The molecular formula is C51H62F2N2O9. The molecule has 64 heavy (non-hydrogen) atoms. The van der Waals surface area contributed by atoms with Crippen LogP contribution in [0.15, 0.2) is 109 Å². The standard InChI is InChI=1S/C51H62F2N2O9/c1-3-5-28-60-50(58)55(33-35-19-21-38(52)22-20-35)46-32-44(54-64-47-18-10-13-29-59-47)41-30-36(14-8-11-25-56)40(16-9-12-26-57)48-42-31-39(61-34-37-15-6-7-17-43(37)53)23-24-45(42)63-51(46,49(41)48)62-27-4-2/h3-4,6-7,15,17,19-24,30-31,36,40,46-49,56-57H,1-2,5,8-14,16,18,25-29,32-34H2. The van der Waals surface area contributed by atoms with Gasteiger partial charge in [-0.2, -0.15) is 0 Å². The number of oxime groups is 1. The fourth-order valence-corrected chi connectivity index (χ4v) is 9.83. The van der Waals surface area contributed by atoms with Crippen molar-refractivity contribution >= 4 is 11.8 Å². The molecule has 0 bridgehead atoms. The fraction of sp³-hybridized carbons (Fsp3) is 0.490. The van der Waals surface area contributed by atoms with Gasteiger partial charge in [0.2, 0.25) is 12.1 Å². The summed E-state index contributed by atoms with van der Waals surface area (Å²) >= 11 is 0. The molecule has 11 nitrogen and oxygen atoms in total. The van der Waals surface area contributed by atoms with Crippen molar-refractivity contribution in [1.29, 1.82) is 0 Å². The van der Waals surface area contributed by atoms with Gasteiger partial charge in [-0.15, -0.1) is 13.2 Å². The molecule has 1 saturated heterocycles. The Morgan fingerprint density at radius 2 is 1.77 bits per heavy atom. The van der Waals surface area contributed by atoms with E-state index in [-0.39, 0.29) is 69.6 Å². The molecule has 3 aromatic rings. The van der Waals surface area contributed by atoms with Gasteiger partial charge in [-0.25, -0.2) is 13.6 Å². The van der Waals surface area contributed by atoms with Crippen LogP contribution in [0.2, 0.25) is 0 Å². The van der Waals surface area contributed by atoms with Crippen LogP contribution in [-0.4, -0.2) is 78.1 Å². The first-order valence-corrected chi connectivity index (χ1v) is 22.8. The van der Waals surface area contributed by atoms with Crippen molar-refractivity contribution < 1.29 is 52.3 Å². The average Bonchev–Trinajstić information content (AvgIpc) is 3.31. The molecule has 4 aliphatic rings. The minimum absolute atomic E-state index is 0.000552. The van der Waals surface area contributed by atoms with E-state index in [4.69, 9.17) is 33.7 Å². The van der Waals surface area contributed by atoms with E-state index < -0.39 is 35.9 Å². The maximum atomic E-state index is 14.8. The number of allylic oxidation sites excluding steroid dienone is 1. The molecule has 2 aliphatic carbocycles. The minimum Gasteiger partial charge on any atom is -0.489 e. The van der Waals surface area contributed by atoms with Gasteiger partial charge in [0.1, 0.15) is 35.8 Å². The number of amides is 1. The number of carbonyl (C=O) groups excluding carboxylic acids is 1. The highest BCUT2D eigenvalue weighted by Gasteiger charge is 2.65. The second-order valence-electron chi connectivity index (χ2n) is 17.0. The number of hydrogen-bond acceptors (Lipinski definition) is 10. The highest BCUT2D eigenvalue weighted by atomic mass is 19.1. The Bertz CT molecular complexity index is 2090. The average molecular weight is 885 g/mol. The molecule has 0 spiro atoms. The smallest absolute Gasteiger partial charge is 0.410 e.